The first-order chi connectivity index (χ1) is 10.4. The summed E-state index contributed by atoms with van der Waals surface area (Å²) in [4.78, 5) is 12.0. The van der Waals surface area contributed by atoms with E-state index in [9.17, 15) is 4.79 Å². The fourth-order valence-corrected chi connectivity index (χ4v) is 2.53. The lowest BCUT2D eigenvalue weighted by atomic mass is 10.1. The molecule has 0 aliphatic heterocycles. The summed E-state index contributed by atoms with van der Waals surface area (Å²) in [5.41, 5.74) is 3.43. The summed E-state index contributed by atoms with van der Waals surface area (Å²) in [5.74, 6) is 0.189. The Kier molecular flexibility index (Phi) is 5.24. The van der Waals surface area contributed by atoms with Gasteiger partial charge in [0.25, 0.3) is 0 Å². The van der Waals surface area contributed by atoms with Crippen molar-refractivity contribution >= 4 is 17.5 Å². The summed E-state index contributed by atoms with van der Waals surface area (Å²) in [6.45, 7) is 9.20. The second-order valence-corrected chi connectivity index (χ2v) is 6.06. The molecule has 2 aromatic heterocycles. The summed E-state index contributed by atoms with van der Waals surface area (Å²) in [6.07, 6.45) is 0.181. The van der Waals surface area contributed by atoms with Crippen molar-refractivity contribution in [2.75, 3.05) is 6.54 Å². The summed E-state index contributed by atoms with van der Waals surface area (Å²) < 4.78 is 6.81. The number of carbonyl (C=O) groups excluding carboxylic acids is 1. The van der Waals surface area contributed by atoms with E-state index in [0.29, 0.717) is 17.8 Å². The van der Waals surface area contributed by atoms with Gasteiger partial charge in [0.1, 0.15) is 0 Å². The number of halogens is 1. The summed E-state index contributed by atoms with van der Waals surface area (Å²) in [7, 11) is 0. The molecule has 0 spiro atoms. The van der Waals surface area contributed by atoms with Crippen molar-refractivity contribution in [2.45, 2.75) is 40.7 Å². The Bertz CT molecular complexity index is 643. The molecule has 1 N–H and O–H groups in total. The van der Waals surface area contributed by atoms with E-state index in [1.54, 1.807) is 6.92 Å². The fourth-order valence-electron chi connectivity index (χ4n) is 2.29. The average Bonchev–Trinajstić information content (AvgIpc) is 2.92. The predicted molar refractivity (Wildman–Crippen MR) is 83.8 cm³/mol. The second kappa shape index (κ2) is 6.96. The van der Waals surface area contributed by atoms with Crippen molar-refractivity contribution in [2.24, 2.45) is 5.92 Å². The molecule has 1 amide bonds. The van der Waals surface area contributed by atoms with Crippen LogP contribution in [0.2, 0.25) is 5.22 Å². The maximum Gasteiger partial charge on any atom is 0.229 e. The number of hydrogen-bond donors (Lipinski definition) is 1. The van der Waals surface area contributed by atoms with Gasteiger partial charge >= 0.3 is 0 Å². The first-order valence-electron chi connectivity index (χ1n) is 7.25. The first-order valence-corrected chi connectivity index (χ1v) is 7.63. The molecule has 6 nitrogen and oxygen atoms in total. The molecule has 0 unspecified atom stereocenters. The third-order valence-corrected chi connectivity index (χ3v) is 3.81. The van der Waals surface area contributed by atoms with Crippen molar-refractivity contribution in [3.05, 3.63) is 33.9 Å². The SMILES string of the molecule is Cc1cc(C)n(C[C@H](C)CNC(=O)Cc2c(C)noc2Cl)n1. The normalized spacial score (nSPS) is 12.4. The molecule has 120 valence electrons. The molecule has 0 aliphatic rings. The quantitative estimate of drug-likeness (QED) is 0.885. The molecule has 2 aromatic rings. The maximum absolute atomic E-state index is 12.0. The molecule has 0 fully saturated rings. The van der Waals surface area contributed by atoms with Crippen LogP contribution in [0.4, 0.5) is 0 Å². The molecule has 0 saturated heterocycles. The standard InChI is InChI=1S/C15H21ClN4O2/c1-9(8-20-11(3)5-10(2)18-20)7-17-14(21)6-13-12(4)19-22-15(13)16/h5,9H,6-8H2,1-4H3,(H,17,21)/t9-/m1/s1. The largest absolute Gasteiger partial charge is 0.355 e. The number of hydrogen-bond acceptors (Lipinski definition) is 4. The van der Waals surface area contributed by atoms with Crippen LogP contribution in [0.1, 0.15) is 29.6 Å². The number of rotatable bonds is 6. The molecule has 1 atom stereocenters. The third kappa shape index (κ3) is 4.10. The lowest BCUT2D eigenvalue weighted by molar-refractivity contribution is -0.120. The van der Waals surface area contributed by atoms with Crippen LogP contribution in [0.5, 0.6) is 0 Å². The van der Waals surface area contributed by atoms with Gasteiger partial charge in [-0.05, 0) is 44.4 Å². The van der Waals surface area contributed by atoms with Gasteiger partial charge in [-0.15, -0.1) is 0 Å². The van der Waals surface area contributed by atoms with E-state index in [2.05, 4.69) is 22.5 Å². The van der Waals surface area contributed by atoms with E-state index < -0.39 is 0 Å². The van der Waals surface area contributed by atoms with Crippen LogP contribution >= 0.6 is 11.6 Å². The second-order valence-electron chi connectivity index (χ2n) is 5.72. The van der Waals surface area contributed by atoms with Gasteiger partial charge in [-0.1, -0.05) is 12.1 Å². The van der Waals surface area contributed by atoms with Crippen molar-refractivity contribution < 1.29 is 9.32 Å². The number of nitrogens with one attached hydrogen (secondary N) is 1. The number of aryl methyl sites for hydroxylation is 3. The maximum atomic E-state index is 12.0. The van der Waals surface area contributed by atoms with Crippen molar-refractivity contribution in [1.82, 2.24) is 20.3 Å². The lowest BCUT2D eigenvalue weighted by Gasteiger charge is -2.14. The Morgan fingerprint density at radius 2 is 2.18 bits per heavy atom. The predicted octanol–water partition coefficient (Wildman–Crippen LogP) is 2.44. The average molecular weight is 325 g/mol. The summed E-state index contributed by atoms with van der Waals surface area (Å²) in [6, 6.07) is 2.04. The molecule has 22 heavy (non-hydrogen) atoms. The molecule has 0 aliphatic carbocycles. The Balaban J connectivity index is 1.82. The number of aromatic nitrogens is 3. The molecule has 0 bridgehead atoms. The van der Waals surface area contributed by atoms with Crippen LogP contribution in [0.3, 0.4) is 0 Å². The Morgan fingerprint density at radius 3 is 2.73 bits per heavy atom. The van der Waals surface area contributed by atoms with E-state index in [4.69, 9.17) is 16.1 Å². The van der Waals surface area contributed by atoms with Crippen molar-refractivity contribution in [3.63, 3.8) is 0 Å². The van der Waals surface area contributed by atoms with Crippen molar-refractivity contribution in [1.29, 1.82) is 0 Å². The molecular weight excluding hydrogens is 304 g/mol. The van der Waals surface area contributed by atoms with Gasteiger partial charge in [0.15, 0.2) is 0 Å². The molecule has 0 aromatic carbocycles. The highest BCUT2D eigenvalue weighted by molar-refractivity contribution is 6.29. The minimum absolute atomic E-state index is 0.0894. The van der Waals surface area contributed by atoms with Crippen LogP contribution in [0.25, 0.3) is 0 Å². The molecule has 0 saturated carbocycles. The zero-order chi connectivity index (χ0) is 16.3. The topological polar surface area (TPSA) is 73.0 Å². The highest BCUT2D eigenvalue weighted by Gasteiger charge is 2.15. The van der Waals surface area contributed by atoms with E-state index in [1.807, 2.05) is 24.6 Å². The van der Waals surface area contributed by atoms with Crippen LogP contribution in [-0.4, -0.2) is 27.4 Å². The van der Waals surface area contributed by atoms with E-state index in [0.717, 1.165) is 17.9 Å². The number of nitrogens with zero attached hydrogens (tertiary/aromatic N) is 3. The van der Waals surface area contributed by atoms with Crippen LogP contribution in [0, 0.1) is 26.7 Å². The van der Waals surface area contributed by atoms with Gasteiger partial charge in [-0.25, -0.2) is 0 Å². The van der Waals surface area contributed by atoms with E-state index in [1.165, 1.54) is 0 Å². The van der Waals surface area contributed by atoms with Gasteiger partial charge in [-0.2, -0.15) is 5.10 Å². The van der Waals surface area contributed by atoms with E-state index >= 15 is 0 Å². The van der Waals surface area contributed by atoms with Gasteiger partial charge in [0.05, 0.1) is 17.8 Å². The van der Waals surface area contributed by atoms with Crippen LogP contribution < -0.4 is 5.32 Å². The third-order valence-electron chi connectivity index (χ3n) is 3.51. The lowest BCUT2D eigenvalue weighted by Crippen LogP contribution is -2.31. The van der Waals surface area contributed by atoms with Gasteiger partial charge < -0.3 is 9.84 Å². The highest BCUT2D eigenvalue weighted by Crippen LogP contribution is 2.19. The zero-order valence-corrected chi connectivity index (χ0v) is 14.1. The highest BCUT2D eigenvalue weighted by atomic mass is 35.5. The van der Waals surface area contributed by atoms with E-state index in [-0.39, 0.29) is 23.5 Å². The molecular formula is C15H21ClN4O2. The molecule has 2 rings (SSSR count). The minimum atomic E-state index is -0.0894. The molecule has 2 heterocycles. The molecule has 0 radical (unpaired) electrons. The van der Waals surface area contributed by atoms with Gasteiger partial charge in [0, 0.05) is 24.3 Å². The minimum Gasteiger partial charge on any atom is -0.355 e. The smallest absolute Gasteiger partial charge is 0.229 e. The summed E-state index contributed by atoms with van der Waals surface area (Å²) in [5, 5.41) is 11.3. The summed E-state index contributed by atoms with van der Waals surface area (Å²) >= 11 is 5.86. The first kappa shape index (κ1) is 16.5. The van der Waals surface area contributed by atoms with Gasteiger partial charge in [0.2, 0.25) is 11.1 Å². The Labute approximate surface area is 134 Å². The fraction of sp³-hybridized carbons (Fsp3) is 0.533. The Hall–Kier alpha value is -1.82. The number of amides is 1. The monoisotopic (exact) mass is 324 g/mol. The molecule has 7 heteroatoms. The Morgan fingerprint density at radius 1 is 1.45 bits per heavy atom. The zero-order valence-electron chi connectivity index (χ0n) is 13.3. The number of carbonyl (C=O) groups is 1. The van der Waals surface area contributed by atoms with Crippen molar-refractivity contribution in [3.8, 4) is 0 Å². The van der Waals surface area contributed by atoms with Crippen LogP contribution in [0.15, 0.2) is 10.6 Å². The van der Waals surface area contributed by atoms with Gasteiger partial charge in [-0.3, -0.25) is 9.48 Å². The van der Waals surface area contributed by atoms with Crippen LogP contribution in [-0.2, 0) is 17.8 Å².